The van der Waals surface area contributed by atoms with Crippen LogP contribution in [0.4, 0.5) is 4.39 Å². The minimum Gasteiger partial charge on any atom is -0.377 e. The SMILES string of the molecule is Fc1cncc(COCCC2CCNC2)c1. The number of aromatic nitrogens is 1. The van der Waals surface area contributed by atoms with Gasteiger partial charge in [-0.15, -0.1) is 0 Å². The zero-order valence-corrected chi connectivity index (χ0v) is 9.29. The average Bonchev–Trinajstić information content (AvgIpc) is 2.77. The number of hydrogen-bond acceptors (Lipinski definition) is 3. The van der Waals surface area contributed by atoms with Crippen LogP contribution in [0, 0.1) is 11.7 Å². The summed E-state index contributed by atoms with van der Waals surface area (Å²) in [4.78, 5) is 3.78. The van der Waals surface area contributed by atoms with E-state index in [2.05, 4.69) is 10.3 Å². The Morgan fingerprint density at radius 1 is 1.50 bits per heavy atom. The average molecular weight is 224 g/mol. The number of halogens is 1. The minimum atomic E-state index is -0.305. The van der Waals surface area contributed by atoms with Crippen molar-refractivity contribution in [3.8, 4) is 0 Å². The Hall–Kier alpha value is -1.00. The van der Waals surface area contributed by atoms with Crippen molar-refractivity contribution in [2.24, 2.45) is 5.92 Å². The molecule has 0 saturated carbocycles. The van der Waals surface area contributed by atoms with E-state index in [1.165, 1.54) is 18.7 Å². The summed E-state index contributed by atoms with van der Waals surface area (Å²) in [7, 11) is 0. The molecule has 16 heavy (non-hydrogen) atoms. The lowest BCUT2D eigenvalue weighted by atomic mass is 10.1. The van der Waals surface area contributed by atoms with Crippen molar-refractivity contribution in [3.63, 3.8) is 0 Å². The largest absolute Gasteiger partial charge is 0.377 e. The molecule has 1 aromatic heterocycles. The molecular formula is C12H17FN2O. The molecule has 1 aliphatic heterocycles. The van der Waals surface area contributed by atoms with Crippen LogP contribution in [0.5, 0.6) is 0 Å². The van der Waals surface area contributed by atoms with Crippen molar-refractivity contribution in [1.82, 2.24) is 10.3 Å². The van der Waals surface area contributed by atoms with Gasteiger partial charge in [0.15, 0.2) is 0 Å². The quantitative estimate of drug-likeness (QED) is 0.773. The number of rotatable bonds is 5. The fourth-order valence-corrected chi connectivity index (χ4v) is 1.94. The normalized spacial score (nSPS) is 20.2. The molecule has 3 nitrogen and oxygen atoms in total. The molecule has 0 aliphatic carbocycles. The molecule has 88 valence electrons. The number of pyridine rings is 1. The van der Waals surface area contributed by atoms with Gasteiger partial charge in [-0.3, -0.25) is 4.98 Å². The molecule has 2 heterocycles. The zero-order valence-electron chi connectivity index (χ0n) is 9.29. The van der Waals surface area contributed by atoms with Crippen molar-refractivity contribution < 1.29 is 9.13 Å². The summed E-state index contributed by atoms with van der Waals surface area (Å²) in [5.41, 5.74) is 0.796. The number of nitrogens with zero attached hydrogens (tertiary/aromatic N) is 1. The van der Waals surface area contributed by atoms with Gasteiger partial charge in [-0.25, -0.2) is 4.39 Å². The maximum absolute atomic E-state index is 12.8. The highest BCUT2D eigenvalue weighted by Gasteiger charge is 2.13. The highest BCUT2D eigenvalue weighted by atomic mass is 19.1. The number of hydrogen-bond donors (Lipinski definition) is 1. The van der Waals surface area contributed by atoms with E-state index in [9.17, 15) is 4.39 Å². The van der Waals surface area contributed by atoms with Crippen LogP contribution < -0.4 is 5.32 Å². The van der Waals surface area contributed by atoms with Crippen molar-refractivity contribution >= 4 is 0 Å². The molecule has 0 radical (unpaired) electrons. The molecule has 1 unspecified atom stereocenters. The molecule has 0 bridgehead atoms. The van der Waals surface area contributed by atoms with Crippen molar-refractivity contribution in [2.75, 3.05) is 19.7 Å². The molecule has 1 N–H and O–H groups in total. The van der Waals surface area contributed by atoms with Gasteiger partial charge in [-0.1, -0.05) is 0 Å². The Morgan fingerprint density at radius 3 is 3.19 bits per heavy atom. The third kappa shape index (κ3) is 3.54. The van der Waals surface area contributed by atoms with Crippen LogP contribution in [0.3, 0.4) is 0 Å². The monoisotopic (exact) mass is 224 g/mol. The Bertz CT molecular complexity index is 327. The second kappa shape index (κ2) is 5.92. The smallest absolute Gasteiger partial charge is 0.141 e. The van der Waals surface area contributed by atoms with Crippen LogP contribution in [-0.4, -0.2) is 24.7 Å². The summed E-state index contributed by atoms with van der Waals surface area (Å²) in [6, 6.07) is 1.46. The van der Waals surface area contributed by atoms with Crippen molar-refractivity contribution in [3.05, 3.63) is 29.8 Å². The third-order valence-corrected chi connectivity index (χ3v) is 2.86. The van der Waals surface area contributed by atoms with Crippen LogP contribution in [-0.2, 0) is 11.3 Å². The van der Waals surface area contributed by atoms with E-state index in [0.29, 0.717) is 6.61 Å². The summed E-state index contributed by atoms with van der Waals surface area (Å²) in [5.74, 6) is 0.437. The summed E-state index contributed by atoms with van der Waals surface area (Å²) in [5, 5.41) is 3.32. The molecule has 2 rings (SSSR count). The molecular weight excluding hydrogens is 207 g/mol. The van der Waals surface area contributed by atoms with E-state index >= 15 is 0 Å². The van der Waals surface area contributed by atoms with Gasteiger partial charge in [-0.2, -0.15) is 0 Å². The van der Waals surface area contributed by atoms with Crippen molar-refractivity contribution in [2.45, 2.75) is 19.4 Å². The second-order valence-corrected chi connectivity index (χ2v) is 4.21. The maximum Gasteiger partial charge on any atom is 0.141 e. The Kier molecular flexibility index (Phi) is 4.25. The lowest BCUT2D eigenvalue weighted by Gasteiger charge is -2.08. The predicted molar refractivity (Wildman–Crippen MR) is 59.4 cm³/mol. The van der Waals surface area contributed by atoms with Gasteiger partial charge in [0.05, 0.1) is 12.8 Å². The van der Waals surface area contributed by atoms with Gasteiger partial charge >= 0.3 is 0 Å². The van der Waals surface area contributed by atoms with Crippen LogP contribution >= 0.6 is 0 Å². The summed E-state index contributed by atoms with van der Waals surface area (Å²) >= 11 is 0. The van der Waals surface area contributed by atoms with Crippen LogP contribution in [0.2, 0.25) is 0 Å². The lowest BCUT2D eigenvalue weighted by Crippen LogP contribution is -2.10. The molecule has 0 spiro atoms. The van der Waals surface area contributed by atoms with Crippen LogP contribution in [0.1, 0.15) is 18.4 Å². The molecule has 1 aliphatic rings. The first-order valence-corrected chi connectivity index (χ1v) is 5.72. The van der Waals surface area contributed by atoms with Gasteiger partial charge in [0.1, 0.15) is 5.82 Å². The van der Waals surface area contributed by atoms with Crippen LogP contribution in [0.15, 0.2) is 18.5 Å². The Balaban J connectivity index is 1.64. The summed E-state index contributed by atoms with van der Waals surface area (Å²) in [6.45, 7) is 3.41. The minimum absolute atomic E-state index is 0.305. The topological polar surface area (TPSA) is 34.1 Å². The lowest BCUT2D eigenvalue weighted by molar-refractivity contribution is 0.108. The molecule has 1 aromatic rings. The highest BCUT2D eigenvalue weighted by Crippen LogP contribution is 2.12. The highest BCUT2D eigenvalue weighted by molar-refractivity contribution is 5.08. The molecule has 0 aromatic carbocycles. The van der Waals surface area contributed by atoms with Gasteiger partial charge < -0.3 is 10.1 Å². The van der Waals surface area contributed by atoms with E-state index in [0.717, 1.165) is 37.6 Å². The first-order chi connectivity index (χ1) is 7.84. The first kappa shape index (κ1) is 11.5. The summed E-state index contributed by atoms with van der Waals surface area (Å²) < 4.78 is 18.3. The maximum atomic E-state index is 12.8. The van der Waals surface area contributed by atoms with E-state index in [1.807, 2.05) is 0 Å². The van der Waals surface area contributed by atoms with Gasteiger partial charge in [-0.05, 0) is 43.5 Å². The third-order valence-electron chi connectivity index (χ3n) is 2.86. The first-order valence-electron chi connectivity index (χ1n) is 5.72. The fraction of sp³-hybridized carbons (Fsp3) is 0.583. The van der Waals surface area contributed by atoms with Crippen molar-refractivity contribution in [1.29, 1.82) is 0 Å². The fourth-order valence-electron chi connectivity index (χ4n) is 1.94. The van der Waals surface area contributed by atoms with Gasteiger partial charge in [0.25, 0.3) is 0 Å². The van der Waals surface area contributed by atoms with Gasteiger partial charge in [0.2, 0.25) is 0 Å². The molecule has 4 heteroatoms. The predicted octanol–water partition coefficient (Wildman–Crippen LogP) is 1.74. The van der Waals surface area contributed by atoms with Gasteiger partial charge in [0, 0.05) is 12.8 Å². The summed E-state index contributed by atoms with van der Waals surface area (Å²) in [6.07, 6.45) is 5.16. The van der Waals surface area contributed by atoms with E-state index in [1.54, 1.807) is 6.20 Å². The molecule has 1 atom stereocenters. The van der Waals surface area contributed by atoms with Crippen LogP contribution in [0.25, 0.3) is 0 Å². The van der Waals surface area contributed by atoms with E-state index in [4.69, 9.17) is 4.74 Å². The Morgan fingerprint density at radius 2 is 2.44 bits per heavy atom. The second-order valence-electron chi connectivity index (χ2n) is 4.21. The number of ether oxygens (including phenoxy) is 1. The standard InChI is InChI=1S/C12H17FN2O/c13-12-5-11(7-15-8-12)9-16-4-2-10-1-3-14-6-10/h5,7-8,10,14H,1-4,6,9H2. The zero-order chi connectivity index (χ0) is 11.2. The molecule has 1 saturated heterocycles. The van der Waals surface area contributed by atoms with E-state index in [-0.39, 0.29) is 5.82 Å². The van der Waals surface area contributed by atoms with E-state index < -0.39 is 0 Å². The number of nitrogens with one attached hydrogen (secondary N) is 1. The molecule has 1 fully saturated rings. The Labute approximate surface area is 95.0 Å². The molecule has 0 amide bonds.